The first-order valence-electron chi connectivity index (χ1n) is 19.0. The molecule has 1 aromatic carbocycles. The fraction of sp³-hybridized carbons (Fsp3) is 0.780. The zero-order valence-electron chi connectivity index (χ0n) is 29.7. The van der Waals surface area contributed by atoms with Gasteiger partial charge in [0.15, 0.2) is 0 Å². The number of rotatable bonds is 11. The van der Waals surface area contributed by atoms with Gasteiger partial charge in [-0.2, -0.15) is 0 Å². The van der Waals surface area contributed by atoms with Crippen LogP contribution in [0.15, 0.2) is 30.5 Å². The highest BCUT2D eigenvalue weighted by Crippen LogP contribution is 2.68. The Morgan fingerprint density at radius 1 is 0.978 bits per heavy atom. The Morgan fingerprint density at radius 3 is 2.49 bits per heavy atom. The van der Waals surface area contributed by atoms with Gasteiger partial charge in [0.1, 0.15) is 6.10 Å². The highest BCUT2D eigenvalue weighted by atomic mass is 16.5. The number of hydrogen-bond donors (Lipinski definition) is 2. The fourth-order valence-corrected chi connectivity index (χ4v) is 12.3. The van der Waals surface area contributed by atoms with Gasteiger partial charge in [0.05, 0.1) is 0 Å². The number of aromatic amines is 1. The van der Waals surface area contributed by atoms with Crippen molar-refractivity contribution in [1.29, 1.82) is 0 Å². The number of benzene rings is 1. The molecule has 0 spiro atoms. The molecule has 1 heterocycles. The number of ether oxygens (including phenoxy) is 1. The first-order chi connectivity index (χ1) is 21.5. The van der Waals surface area contributed by atoms with Crippen molar-refractivity contribution in [2.45, 2.75) is 138 Å². The van der Waals surface area contributed by atoms with Crippen LogP contribution in [0.5, 0.6) is 0 Å². The standard InChI is InChI=1S/C41H64N2O2/c1-8-29(26(2)3)14-13-27(4)34-15-16-35-33-24-39(42-22-19-30-25-43-38-12-10-9-11-32(30)38)37-23-31(45-28(5)44)17-20-41(37,7)36(33)18-21-40(34,35)6/h9-12,25-27,29,31,33-37,39,42-43H,8,13-24H2,1-7H3/t27-,29?,31+,33+,34-,35+,36+,37-,39-,40-,41-/m1/s1. The minimum absolute atomic E-state index is 0.0818. The minimum atomic E-state index is -0.112. The van der Waals surface area contributed by atoms with Gasteiger partial charge in [0.2, 0.25) is 0 Å². The molecule has 4 aliphatic carbocycles. The Balaban J connectivity index is 1.20. The van der Waals surface area contributed by atoms with Crippen LogP contribution in [0.25, 0.3) is 10.9 Å². The van der Waals surface area contributed by atoms with Crippen LogP contribution in [-0.4, -0.2) is 29.6 Å². The molecule has 0 amide bonds. The molecule has 2 N–H and O–H groups in total. The Bertz CT molecular complexity index is 1300. The number of hydrogen-bond acceptors (Lipinski definition) is 3. The second-order valence-electron chi connectivity index (χ2n) is 17.1. The molecule has 0 saturated heterocycles. The first-order valence-corrected chi connectivity index (χ1v) is 19.0. The molecule has 1 unspecified atom stereocenters. The zero-order chi connectivity index (χ0) is 31.9. The monoisotopic (exact) mass is 616 g/mol. The molecule has 250 valence electrons. The van der Waals surface area contributed by atoms with E-state index >= 15 is 0 Å². The number of esters is 1. The van der Waals surface area contributed by atoms with Gasteiger partial charge in [-0.15, -0.1) is 0 Å². The maximum absolute atomic E-state index is 12.0. The summed E-state index contributed by atoms with van der Waals surface area (Å²) < 4.78 is 5.90. The van der Waals surface area contributed by atoms with Crippen LogP contribution in [-0.2, 0) is 16.0 Å². The third kappa shape index (κ3) is 6.28. The summed E-state index contributed by atoms with van der Waals surface area (Å²) in [4.78, 5) is 15.5. The molecule has 4 heteroatoms. The van der Waals surface area contributed by atoms with Gasteiger partial charge < -0.3 is 15.0 Å². The van der Waals surface area contributed by atoms with Gasteiger partial charge >= 0.3 is 5.97 Å². The van der Waals surface area contributed by atoms with Crippen LogP contribution >= 0.6 is 0 Å². The van der Waals surface area contributed by atoms with E-state index in [1.807, 2.05) is 0 Å². The number of nitrogens with one attached hydrogen (secondary N) is 2. The largest absolute Gasteiger partial charge is 0.463 e. The lowest BCUT2D eigenvalue weighted by molar-refractivity contribution is -0.164. The lowest BCUT2D eigenvalue weighted by atomic mass is 9.43. The van der Waals surface area contributed by atoms with Gasteiger partial charge in [0, 0.05) is 30.1 Å². The Kier molecular flexibility index (Phi) is 9.83. The topological polar surface area (TPSA) is 54.1 Å². The van der Waals surface area contributed by atoms with E-state index < -0.39 is 0 Å². The molecule has 2 aromatic rings. The predicted molar refractivity (Wildman–Crippen MR) is 187 cm³/mol. The van der Waals surface area contributed by atoms with Crippen LogP contribution in [0.3, 0.4) is 0 Å². The van der Waals surface area contributed by atoms with Crippen LogP contribution in [0.2, 0.25) is 0 Å². The van der Waals surface area contributed by atoms with Gasteiger partial charge in [0.25, 0.3) is 0 Å². The normalized spacial score (nSPS) is 37.6. The number of carbonyl (C=O) groups excluding carboxylic acids is 1. The van der Waals surface area contributed by atoms with Crippen LogP contribution in [0.1, 0.15) is 125 Å². The number of H-pyrrole nitrogens is 1. The molecule has 4 saturated carbocycles. The summed E-state index contributed by atoms with van der Waals surface area (Å²) in [6.07, 6.45) is 17.7. The molecule has 4 nitrogen and oxygen atoms in total. The summed E-state index contributed by atoms with van der Waals surface area (Å²) in [5.74, 6) is 6.34. The summed E-state index contributed by atoms with van der Waals surface area (Å²) in [7, 11) is 0. The average Bonchev–Trinajstić information content (AvgIpc) is 3.58. The van der Waals surface area contributed by atoms with E-state index in [1.54, 1.807) is 6.92 Å². The highest BCUT2D eigenvalue weighted by molar-refractivity contribution is 5.83. The second-order valence-corrected chi connectivity index (χ2v) is 17.1. The molecular weight excluding hydrogens is 552 g/mol. The van der Waals surface area contributed by atoms with Crippen molar-refractivity contribution >= 4 is 16.9 Å². The molecule has 11 atom stereocenters. The van der Waals surface area contributed by atoms with Gasteiger partial charge in [-0.3, -0.25) is 4.79 Å². The Hall–Kier alpha value is -1.81. The van der Waals surface area contributed by atoms with E-state index in [0.717, 1.165) is 67.2 Å². The van der Waals surface area contributed by atoms with E-state index in [9.17, 15) is 4.79 Å². The maximum Gasteiger partial charge on any atom is 0.302 e. The van der Waals surface area contributed by atoms with E-state index in [0.29, 0.717) is 22.8 Å². The van der Waals surface area contributed by atoms with Crippen LogP contribution < -0.4 is 5.32 Å². The van der Waals surface area contributed by atoms with Crippen molar-refractivity contribution < 1.29 is 9.53 Å². The third-order valence-corrected chi connectivity index (χ3v) is 14.7. The van der Waals surface area contributed by atoms with Crippen molar-refractivity contribution in [3.63, 3.8) is 0 Å². The molecule has 4 fully saturated rings. The zero-order valence-corrected chi connectivity index (χ0v) is 29.7. The van der Waals surface area contributed by atoms with E-state index in [-0.39, 0.29) is 12.1 Å². The Labute approximate surface area is 274 Å². The van der Waals surface area contributed by atoms with Gasteiger partial charge in [-0.05, 0) is 141 Å². The SMILES string of the molecule is CCC(CC[C@@H](C)[C@H]1CC[C@H]2[C@@H]3C[C@@H](NCCc4c[nH]c5ccccc45)[C@H]4C[C@@H](OC(C)=O)CC[C@]4(C)[C@H]3CC[C@]12C)C(C)C. The molecule has 1 aromatic heterocycles. The van der Waals surface area contributed by atoms with Crippen molar-refractivity contribution in [1.82, 2.24) is 10.3 Å². The number of fused-ring (bicyclic) bond motifs is 6. The summed E-state index contributed by atoms with van der Waals surface area (Å²) in [5.41, 5.74) is 3.47. The van der Waals surface area contributed by atoms with E-state index in [1.165, 1.54) is 74.3 Å². The van der Waals surface area contributed by atoms with Crippen molar-refractivity contribution in [3.8, 4) is 0 Å². The smallest absolute Gasteiger partial charge is 0.302 e. The molecule has 0 bridgehead atoms. The highest BCUT2D eigenvalue weighted by Gasteiger charge is 2.62. The third-order valence-electron chi connectivity index (χ3n) is 14.7. The quantitative estimate of drug-likeness (QED) is 0.247. The van der Waals surface area contributed by atoms with Crippen LogP contribution in [0, 0.1) is 58.2 Å². The van der Waals surface area contributed by atoms with Crippen molar-refractivity contribution in [2.75, 3.05) is 6.54 Å². The van der Waals surface area contributed by atoms with E-state index in [4.69, 9.17) is 4.74 Å². The number of para-hydroxylation sites is 1. The summed E-state index contributed by atoms with van der Waals surface area (Å²) in [5, 5.41) is 5.53. The molecule has 6 rings (SSSR count). The summed E-state index contributed by atoms with van der Waals surface area (Å²) in [6, 6.07) is 9.19. The lowest BCUT2D eigenvalue weighted by Crippen LogP contribution is -2.61. The fourth-order valence-electron chi connectivity index (χ4n) is 12.3. The van der Waals surface area contributed by atoms with Gasteiger partial charge in [-0.1, -0.05) is 72.6 Å². The molecular formula is C41H64N2O2. The number of aromatic nitrogens is 1. The van der Waals surface area contributed by atoms with Crippen molar-refractivity contribution in [2.24, 2.45) is 58.2 Å². The first kappa shape index (κ1) is 33.1. The molecule has 0 aliphatic heterocycles. The predicted octanol–water partition coefficient (Wildman–Crippen LogP) is 9.97. The average molecular weight is 617 g/mol. The summed E-state index contributed by atoms with van der Waals surface area (Å²) >= 11 is 0. The molecule has 4 aliphatic rings. The lowest BCUT2D eigenvalue weighted by Gasteiger charge is -2.63. The maximum atomic E-state index is 12.0. The minimum Gasteiger partial charge on any atom is -0.463 e. The second kappa shape index (κ2) is 13.4. The van der Waals surface area contributed by atoms with Gasteiger partial charge in [-0.25, -0.2) is 0 Å². The van der Waals surface area contributed by atoms with Crippen LogP contribution in [0.4, 0.5) is 0 Å². The number of carbonyl (C=O) groups is 1. The van der Waals surface area contributed by atoms with E-state index in [2.05, 4.69) is 82.3 Å². The molecule has 45 heavy (non-hydrogen) atoms. The summed E-state index contributed by atoms with van der Waals surface area (Å²) in [6.45, 7) is 17.8. The van der Waals surface area contributed by atoms with Crippen molar-refractivity contribution in [3.05, 3.63) is 36.0 Å². The molecule has 0 radical (unpaired) electrons. The Morgan fingerprint density at radius 2 is 1.73 bits per heavy atom.